The summed E-state index contributed by atoms with van der Waals surface area (Å²) in [7, 11) is 0. The van der Waals surface area contributed by atoms with Gasteiger partial charge in [-0.2, -0.15) is 0 Å². The lowest BCUT2D eigenvalue weighted by molar-refractivity contribution is -0.148. The number of carboxylic acids is 1. The van der Waals surface area contributed by atoms with Crippen molar-refractivity contribution in [2.24, 2.45) is 0 Å². The zero-order valence-corrected chi connectivity index (χ0v) is 23.4. The van der Waals surface area contributed by atoms with Gasteiger partial charge in [-0.1, -0.05) is 52.4 Å². The van der Waals surface area contributed by atoms with Gasteiger partial charge in [-0.25, -0.2) is 4.79 Å². The fraction of sp³-hybridized carbons (Fsp3) is 0.261. The van der Waals surface area contributed by atoms with Crippen LogP contribution in [0.1, 0.15) is 21.3 Å². The van der Waals surface area contributed by atoms with Crippen molar-refractivity contribution in [1.82, 2.24) is 20.4 Å². The molecule has 0 spiro atoms. The minimum absolute atomic E-state index is 0.00609. The first-order chi connectivity index (χ1) is 18.2. The van der Waals surface area contributed by atoms with Gasteiger partial charge in [0.1, 0.15) is 45.3 Å². The van der Waals surface area contributed by atoms with Crippen LogP contribution in [0.5, 0.6) is 5.75 Å². The highest BCUT2D eigenvalue weighted by molar-refractivity contribution is 8.01. The minimum atomic E-state index is -1.19. The van der Waals surface area contributed by atoms with E-state index in [0.717, 1.165) is 9.35 Å². The molecule has 198 valence electrons. The van der Waals surface area contributed by atoms with E-state index >= 15 is 0 Å². The second-order valence-corrected chi connectivity index (χ2v) is 12.4. The third kappa shape index (κ3) is 5.38. The fourth-order valence-electron chi connectivity index (χ4n) is 3.81. The summed E-state index contributed by atoms with van der Waals surface area (Å²) < 4.78 is 11.9. The topological polar surface area (TPSA) is 135 Å². The number of benzene rings is 1. The van der Waals surface area contributed by atoms with Gasteiger partial charge >= 0.3 is 5.97 Å². The predicted octanol–water partition coefficient (Wildman–Crippen LogP) is 4.47. The summed E-state index contributed by atoms with van der Waals surface area (Å²) in [6.07, 6.45) is 0. The van der Waals surface area contributed by atoms with Crippen LogP contribution in [0.25, 0.3) is 0 Å². The number of aliphatic carboxylic acids is 1. The zero-order valence-electron chi connectivity index (χ0n) is 19.5. The summed E-state index contributed by atoms with van der Waals surface area (Å²) >= 11 is 16.3. The van der Waals surface area contributed by atoms with Crippen LogP contribution < -0.4 is 10.1 Å². The Bertz CT molecular complexity index is 1460. The third-order valence-electron chi connectivity index (χ3n) is 5.59. The average Bonchev–Trinajstić information content (AvgIpc) is 3.55. The molecule has 0 saturated carbocycles. The van der Waals surface area contributed by atoms with Crippen molar-refractivity contribution < 1.29 is 28.6 Å². The van der Waals surface area contributed by atoms with Crippen LogP contribution in [0.15, 0.2) is 50.4 Å². The summed E-state index contributed by atoms with van der Waals surface area (Å²) in [5, 5.41) is 21.4. The molecule has 2 N–H and O–H groups in total. The number of nitrogens with zero attached hydrogens (tertiary/aromatic N) is 3. The first-order valence-electron chi connectivity index (χ1n) is 11.0. The molecule has 1 aromatic carbocycles. The quantitative estimate of drug-likeness (QED) is 0.263. The summed E-state index contributed by atoms with van der Waals surface area (Å²) in [5.41, 5.74) is 0.570. The number of amides is 2. The number of thioether (sulfide) groups is 2. The number of carbonyl (C=O) groups is 3. The van der Waals surface area contributed by atoms with Crippen LogP contribution >= 0.6 is 58.1 Å². The number of rotatable bonds is 9. The molecular weight excluding hydrogens is 595 g/mol. The molecular formula is C23H18Cl2N4O6S3. The number of furan rings is 1. The number of halogens is 2. The Kier molecular flexibility index (Phi) is 7.91. The standard InChI is InChI=1S/C23H18Cl2N4O6S3/c1-10-27-28-23(38-10)37-9-11-8-36-21-17(20(31)29(21)18(11)22(32)33)26-19(30)15-6-5-12(35-15)7-34-14-4-2-3-13(24)16(14)25/h2-6,17,21H,7-9H2,1H3,(H,26,30)(H,32,33)/t17-,21+/m0/s1. The lowest BCUT2D eigenvalue weighted by atomic mass is 10.0. The van der Waals surface area contributed by atoms with Gasteiger partial charge in [-0.15, -0.1) is 22.0 Å². The van der Waals surface area contributed by atoms with E-state index in [4.69, 9.17) is 32.4 Å². The van der Waals surface area contributed by atoms with Gasteiger partial charge in [0.05, 0.1) is 5.02 Å². The number of ether oxygens (including phenoxy) is 1. The van der Waals surface area contributed by atoms with E-state index in [0.29, 0.717) is 33.6 Å². The fourth-order valence-corrected chi connectivity index (χ4v) is 7.46. The summed E-state index contributed by atoms with van der Waals surface area (Å²) in [6.45, 7) is 1.85. The van der Waals surface area contributed by atoms with Crippen molar-refractivity contribution in [3.63, 3.8) is 0 Å². The zero-order chi connectivity index (χ0) is 27.0. The Balaban J connectivity index is 1.21. The number of carbonyl (C=O) groups excluding carboxylic acids is 2. The van der Waals surface area contributed by atoms with Crippen molar-refractivity contribution in [3.8, 4) is 5.75 Å². The maximum Gasteiger partial charge on any atom is 0.352 e. The molecule has 2 aromatic heterocycles. The van der Waals surface area contributed by atoms with Crippen molar-refractivity contribution in [2.45, 2.75) is 29.3 Å². The van der Waals surface area contributed by atoms with Crippen LogP contribution in [-0.2, 0) is 16.2 Å². The number of aryl methyl sites for hydroxylation is 1. The monoisotopic (exact) mass is 612 g/mol. The van der Waals surface area contributed by atoms with E-state index in [2.05, 4.69) is 15.5 Å². The first kappa shape index (κ1) is 26.9. The molecule has 1 fully saturated rings. The van der Waals surface area contributed by atoms with Gasteiger partial charge in [0.15, 0.2) is 10.1 Å². The lowest BCUT2D eigenvalue weighted by Gasteiger charge is -2.49. The Hall–Kier alpha value is -2.71. The van der Waals surface area contributed by atoms with Crippen LogP contribution in [0, 0.1) is 6.92 Å². The van der Waals surface area contributed by atoms with Gasteiger partial charge in [0, 0.05) is 11.5 Å². The van der Waals surface area contributed by atoms with Crippen LogP contribution in [0.4, 0.5) is 0 Å². The van der Waals surface area contributed by atoms with Gasteiger partial charge in [0.25, 0.3) is 11.8 Å². The predicted molar refractivity (Wildman–Crippen MR) is 144 cm³/mol. The Morgan fingerprint density at radius 3 is 2.84 bits per heavy atom. The number of hydrogen-bond donors (Lipinski definition) is 2. The van der Waals surface area contributed by atoms with E-state index in [9.17, 15) is 19.5 Å². The molecule has 5 rings (SSSR count). The molecule has 4 heterocycles. The lowest BCUT2D eigenvalue weighted by Crippen LogP contribution is -2.70. The van der Waals surface area contributed by atoms with Crippen LogP contribution in [0.2, 0.25) is 10.0 Å². The maximum atomic E-state index is 12.9. The molecule has 2 aliphatic heterocycles. The van der Waals surface area contributed by atoms with Crippen molar-refractivity contribution in [1.29, 1.82) is 0 Å². The van der Waals surface area contributed by atoms with E-state index < -0.39 is 29.2 Å². The van der Waals surface area contributed by atoms with Gasteiger partial charge < -0.3 is 19.6 Å². The normalized spacial score (nSPS) is 18.7. The molecule has 38 heavy (non-hydrogen) atoms. The molecule has 10 nitrogen and oxygen atoms in total. The minimum Gasteiger partial charge on any atom is -0.484 e. The second kappa shape index (κ2) is 11.2. The molecule has 2 amide bonds. The molecule has 0 unspecified atom stereocenters. The van der Waals surface area contributed by atoms with Gasteiger partial charge in [-0.05, 0) is 36.8 Å². The Morgan fingerprint density at radius 1 is 1.29 bits per heavy atom. The SMILES string of the molecule is Cc1nnc(SCC2=C(C(=O)O)N3C(=O)[C@H](NC(=O)c4ccc(COc5cccc(Cl)c5Cl)o4)[C@H]3SC2)s1. The van der Waals surface area contributed by atoms with E-state index in [1.165, 1.54) is 45.8 Å². The van der Waals surface area contributed by atoms with Crippen LogP contribution in [0.3, 0.4) is 0 Å². The molecule has 0 aliphatic carbocycles. The van der Waals surface area contributed by atoms with Gasteiger partial charge in [0.2, 0.25) is 0 Å². The number of β-lactam (4-membered cyclic amide) rings is 1. The third-order valence-corrected chi connectivity index (χ3v) is 9.78. The van der Waals surface area contributed by atoms with Crippen LogP contribution in [-0.4, -0.2) is 60.9 Å². The highest BCUT2D eigenvalue weighted by Crippen LogP contribution is 2.42. The van der Waals surface area contributed by atoms with Crippen molar-refractivity contribution in [3.05, 3.63) is 68.2 Å². The molecule has 0 bridgehead atoms. The largest absolute Gasteiger partial charge is 0.484 e. The summed E-state index contributed by atoms with van der Waals surface area (Å²) in [4.78, 5) is 39.0. The first-order valence-corrected chi connectivity index (χ1v) is 14.6. The molecule has 2 aliphatic rings. The number of hydrogen-bond acceptors (Lipinski definition) is 10. The summed E-state index contributed by atoms with van der Waals surface area (Å²) in [6, 6.07) is 7.15. The molecule has 3 aromatic rings. The van der Waals surface area contributed by atoms with Gasteiger partial charge in [-0.3, -0.25) is 14.5 Å². The van der Waals surface area contributed by atoms with E-state index in [1.807, 2.05) is 6.92 Å². The molecule has 1 saturated heterocycles. The summed E-state index contributed by atoms with van der Waals surface area (Å²) in [5.74, 6) is -0.773. The Morgan fingerprint density at radius 2 is 2.11 bits per heavy atom. The van der Waals surface area contributed by atoms with Crippen molar-refractivity contribution >= 4 is 75.8 Å². The maximum absolute atomic E-state index is 12.9. The van der Waals surface area contributed by atoms with E-state index in [1.54, 1.807) is 24.3 Å². The number of fused-ring (bicyclic) bond motifs is 1. The van der Waals surface area contributed by atoms with E-state index in [-0.39, 0.29) is 23.1 Å². The highest BCUT2D eigenvalue weighted by Gasteiger charge is 2.54. The molecule has 0 radical (unpaired) electrons. The molecule has 15 heteroatoms. The Labute approximate surface area is 238 Å². The number of aromatic nitrogens is 2. The van der Waals surface area contributed by atoms with Crippen molar-refractivity contribution in [2.75, 3.05) is 11.5 Å². The smallest absolute Gasteiger partial charge is 0.352 e. The average molecular weight is 614 g/mol. The molecule has 2 atom stereocenters. The highest BCUT2D eigenvalue weighted by atomic mass is 35.5. The number of nitrogens with one attached hydrogen (secondary N) is 1. The second-order valence-electron chi connectivity index (χ2n) is 8.10. The number of carboxylic acid groups (broad SMARTS) is 1.